The second-order valence-electron chi connectivity index (χ2n) is 2.50. The fraction of sp³-hybridized carbons (Fsp3) is 0.375. The highest BCUT2D eigenvalue weighted by molar-refractivity contribution is 9.10. The first-order chi connectivity index (χ1) is 5.11. The zero-order valence-electron chi connectivity index (χ0n) is 6.50. The van der Waals surface area contributed by atoms with Gasteiger partial charge in [0.25, 0.3) is 0 Å². The Bertz CT molecular complexity index is 260. The van der Waals surface area contributed by atoms with Gasteiger partial charge in [0.05, 0.1) is 6.10 Å². The van der Waals surface area contributed by atoms with Gasteiger partial charge < -0.3 is 5.11 Å². The van der Waals surface area contributed by atoms with Crippen LogP contribution in [0.5, 0.6) is 0 Å². The van der Waals surface area contributed by atoms with Gasteiger partial charge in [-0.3, -0.25) is 4.98 Å². The molecule has 0 aromatic carbocycles. The molecule has 0 aliphatic carbocycles. The Hall–Kier alpha value is -0.410. The number of aliphatic hydroxyl groups is 1. The number of rotatable bonds is 1. The van der Waals surface area contributed by atoms with Crippen LogP contribution in [0, 0.1) is 6.92 Å². The molecule has 0 spiro atoms. The van der Waals surface area contributed by atoms with Crippen molar-refractivity contribution in [2.75, 3.05) is 0 Å². The van der Waals surface area contributed by atoms with E-state index in [0.29, 0.717) is 0 Å². The van der Waals surface area contributed by atoms with E-state index in [1.165, 1.54) is 0 Å². The summed E-state index contributed by atoms with van der Waals surface area (Å²) >= 11 is 3.29. The Morgan fingerprint density at radius 1 is 1.64 bits per heavy atom. The van der Waals surface area contributed by atoms with E-state index in [4.69, 9.17) is 0 Å². The Labute approximate surface area is 74.4 Å². The lowest BCUT2D eigenvalue weighted by Gasteiger charge is -2.07. The third kappa shape index (κ3) is 2.01. The number of aliphatic hydroxyl groups excluding tert-OH is 1. The molecule has 2 nitrogen and oxygen atoms in total. The van der Waals surface area contributed by atoms with E-state index < -0.39 is 6.10 Å². The van der Waals surface area contributed by atoms with E-state index in [2.05, 4.69) is 20.9 Å². The molecule has 0 aliphatic heterocycles. The number of hydrogen-bond donors (Lipinski definition) is 1. The Balaban J connectivity index is 3.13. The van der Waals surface area contributed by atoms with E-state index in [0.717, 1.165) is 15.7 Å². The molecule has 0 saturated carbocycles. The van der Waals surface area contributed by atoms with Crippen molar-refractivity contribution in [3.05, 3.63) is 28.0 Å². The lowest BCUT2D eigenvalue weighted by molar-refractivity contribution is 0.198. The SMILES string of the molecule is Cc1ncc(Br)cc1C(C)O. The molecule has 1 N–H and O–H groups in total. The van der Waals surface area contributed by atoms with Crippen molar-refractivity contribution in [3.63, 3.8) is 0 Å². The molecule has 3 heteroatoms. The highest BCUT2D eigenvalue weighted by Gasteiger charge is 2.05. The third-order valence-corrected chi connectivity index (χ3v) is 1.98. The summed E-state index contributed by atoms with van der Waals surface area (Å²) in [6.45, 7) is 3.62. The van der Waals surface area contributed by atoms with Crippen LogP contribution in [0.15, 0.2) is 16.7 Å². The van der Waals surface area contributed by atoms with Crippen LogP contribution >= 0.6 is 15.9 Å². The van der Waals surface area contributed by atoms with Gasteiger partial charge in [-0.15, -0.1) is 0 Å². The molecule has 1 aromatic heterocycles. The summed E-state index contributed by atoms with van der Waals surface area (Å²) in [5.74, 6) is 0. The van der Waals surface area contributed by atoms with Crippen LogP contribution in [0.3, 0.4) is 0 Å². The molecule has 1 unspecified atom stereocenters. The van der Waals surface area contributed by atoms with Crippen molar-refractivity contribution in [1.82, 2.24) is 4.98 Å². The summed E-state index contributed by atoms with van der Waals surface area (Å²) in [7, 11) is 0. The molecule has 0 radical (unpaired) electrons. The van der Waals surface area contributed by atoms with Crippen molar-refractivity contribution < 1.29 is 5.11 Å². The molecule has 1 heterocycles. The number of aromatic nitrogens is 1. The third-order valence-electron chi connectivity index (χ3n) is 1.54. The van der Waals surface area contributed by atoms with Gasteiger partial charge in [-0.1, -0.05) is 0 Å². The zero-order chi connectivity index (χ0) is 8.43. The molecule has 0 aliphatic rings. The van der Waals surface area contributed by atoms with Gasteiger partial charge in [0, 0.05) is 21.9 Å². The van der Waals surface area contributed by atoms with Crippen molar-refractivity contribution in [3.8, 4) is 0 Å². The molecule has 11 heavy (non-hydrogen) atoms. The standard InChI is InChI=1S/C8H10BrNO/c1-5-8(6(2)11)3-7(9)4-10-5/h3-4,6,11H,1-2H3. The fourth-order valence-electron chi connectivity index (χ4n) is 0.946. The summed E-state index contributed by atoms with van der Waals surface area (Å²) in [5, 5.41) is 9.27. The van der Waals surface area contributed by atoms with Gasteiger partial charge in [0.1, 0.15) is 0 Å². The zero-order valence-corrected chi connectivity index (χ0v) is 8.09. The molecular weight excluding hydrogens is 206 g/mol. The molecule has 0 bridgehead atoms. The minimum atomic E-state index is -0.444. The fourth-order valence-corrected chi connectivity index (χ4v) is 1.30. The normalized spacial score (nSPS) is 13.1. The highest BCUT2D eigenvalue weighted by atomic mass is 79.9. The number of halogens is 1. The van der Waals surface area contributed by atoms with Gasteiger partial charge in [-0.05, 0) is 35.8 Å². The quantitative estimate of drug-likeness (QED) is 0.780. The molecular formula is C8H10BrNO. The maximum absolute atomic E-state index is 9.27. The summed E-state index contributed by atoms with van der Waals surface area (Å²) in [5.41, 5.74) is 1.75. The van der Waals surface area contributed by atoms with Gasteiger partial charge in [0.2, 0.25) is 0 Å². The maximum atomic E-state index is 9.27. The van der Waals surface area contributed by atoms with Crippen molar-refractivity contribution >= 4 is 15.9 Å². The summed E-state index contributed by atoms with van der Waals surface area (Å²) in [4.78, 5) is 4.09. The van der Waals surface area contributed by atoms with Crippen LogP contribution in [0.25, 0.3) is 0 Å². The first-order valence-corrected chi connectivity index (χ1v) is 4.20. The predicted octanol–water partition coefficient (Wildman–Crippen LogP) is 2.21. The average Bonchev–Trinajstić information content (AvgIpc) is 1.94. The Kier molecular flexibility index (Phi) is 2.62. The number of nitrogens with zero attached hydrogens (tertiary/aromatic N) is 1. The smallest absolute Gasteiger partial charge is 0.0779 e. The maximum Gasteiger partial charge on any atom is 0.0779 e. The summed E-state index contributed by atoms with van der Waals surface area (Å²) in [6, 6.07) is 1.88. The first-order valence-electron chi connectivity index (χ1n) is 3.41. The van der Waals surface area contributed by atoms with Crippen LogP contribution in [0.1, 0.15) is 24.3 Å². The molecule has 60 valence electrons. The first kappa shape index (κ1) is 8.68. The number of aryl methyl sites for hydroxylation is 1. The summed E-state index contributed by atoms with van der Waals surface area (Å²) < 4.78 is 0.902. The van der Waals surface area contributed by atoms with E-state index in [9.17, 15) is 5.11 Å². The monoisotopic (exact) mass is 215 g/mol. The van der Waals surface area contributed by atoms with E-state index in [1.807, 2.05) is 13.0 Å². The van der Waals surface area contributed by atoms with Crippen molar-refractivity contribution in [2.45, 2.75) is 20.0 Å². The molecule has 1 aromatic rings. The molecule has 0 amide bonds. The van der Waals surface area contributed by atoms with Crippen LogP contribution in [-0.4, -0.2) is 10.1 Å². The average molecular weight is 216 g/mol. The van der Waals surface area contributed by atoms with Crippen LogP contribution < -0.4 is 0 Å². The van der Waals surface area contributed by atoms with Crippen molar-refractivity contribution in [2.24, 2.45) is 0 Å². The molecule has 1 atom stereocenters. The minimum absolute atomic E-state index is 0.444. The second-order valence-corrected chi connectivity index (χ2v) is 3.42. The Morgan fingerprint density at radius 3 is 2.73 bits per heavy atom. The number of pyridine rings is 1. The van der Waals surface area contributed by atoms with E-state index >= 15 is 0 Å². The van der Waals surface area contributed by atoms with Gasteiger partial charge >= 0.3 is 0 Å². The lowest BCUT2D eigenvalue weighted by Crippen LogP contribution is -1.96. The lowest BCUT2D eigenvalue weighted by atomic mass is 10.1. The van der Waals surface area contributed by atoms with Crippen molar-refractivity contribution in [1.29, 1.82) is 0 Å². The van der Waals surface area contributed by atoms with Crippen LogP contribution in [0.2, 0.25) is 0 Å². The highest BCUT2D eigenvalue weighted by Crippen LogP contribution is 2.19. The van der Waals surface area contributed by atoms with E-state index in [1.54, 1.807) is 13.1 Å². The van der Waals surface area contributed by atoms with Gasteiger partial charge in [0.15, 0.2) is 0 Å². The Morgan fingerprint density at radius 2 is 2.27 bits per heavy atom. The van der Waals surface area contributed by atoms with Crippen LogP contribution in [-0.2, 0) is 0 Å². The van der Waals surface area contributed by atoms with Crippen LogP contribution in [0.4, 0.5) is 0 Å². The van der Waals surface area contributed by atoms with E-state index in [-0.39, 0.29) is 0 Å². The largest absolute Gasteiger partial charge is 0.389 e. The van der Waals surface area contributed by atoms with Gasteiger partial charge in [-0.2, -0.15) is 0 Å². The molecule has 0 fully saturated rings. The number of hydrogen-bond acceptors (Lipinski definition) is 2. The second kappa shape index (κ2) is 3.32. The summed E-state index contributed by atoms with van der Waals surface area (Å²) in [6.07, 6.45) is 1.28. The minimum Gasteiger partial charge on any atom is -0.389 e. The predicted molar refractivity (Wildman–Crippen MR) is 47.3 cm³/mol. The topological polar surface area (TPSA) is 33.1 Å². The molecule has 0 saturated heterocycles. The van der Waals surface area contributed by atoms with Gasteiger partial charge in [-0.25, -0.2) is 0 Å². The molecule has 1 rings (SSSR count).